The molecule has 19 heavy (non-hydrogen) atoms. The Morgan fingerprint density at radius 1 is 1.63 bits per heavy atom. The highest BCUT2D eigenvalue weighted by molar-refractivity contribution is 5.88. The van der Waals surface area contributed by atoms with E-state index >= 15 is 0 Å². The van der Waals surface area contributed by atoms with Gasteiger partial charge in [-0.05, 0) is 19.2 Å². The van der Waals surface area contributed by atoms with Gasteiger partial charge in [-0.2, -0.15) is 0 Å². The van der Waals surface area contributed by atoms with E-state index in [9.17, 15) is 9.18 Å². The first-order chi connectivity index (χ1) is 9.06. The summed E-state index contributed by atoms with van der Waals surface area (Å²) in [4.78, 5) is 12.8. The number of likely N-dealkylation sites (N-methyl/N-ethyl adjacent to an activating group) is 1. The van der Waals surface area contributed by atoms with E-state index in [0.29, 0.717) is 19.0 Å². The fourth-order valence-corrected chi connectivity index (χ4v) is 1.92. The zero-order chi connectivity index (χ0) is 13.8. The third kappa shape index (κ3) is 3.65. The van der Waals surface area contributed by atoms with Gasteiger partial charge in [-0.3, -0.25) is 0 Å². The third-order valence-corrected chi connectivity index (χ3v) is 2.95. The van der Waals surface area contributed by atoms with Crippen molar-refractivity contribution in [1.82, 2.24) is 4.90 Å². The lowest BCUT2D eigenvalue weighted by atomic mass is 10.2. The lowest BCUT2D eigenvalue weighted by molar-refractivity contribution is -0.0403. The quantitative estimate of drug-likeness (QED) is 0.891. The smallest absolute Gasteiger partial charge is 0.338 e. The molecule has 0 aliphatic carbocycles. The molecule has 0 bridgehead atoms. The van der Waals surface area contributed by atoms with Crippen LogP contribution in [0.25, 0.3) is 0 Å². The molecular formula is C13H16FNO4. The van der Waals surface area contributed by atoms with Crippen LogP contribution in [-0.4, -0.2) is 55.4 Å². The fourth-order valence-electron chi connectivity index (χ4n) is 1.92. The Labute approximate surface area is 110 Å². The molecule has 5 nitrogen and oxygen atoms in total. The van der Waals surface area contributed by atoms with Crippen LogP contribution in [0, 0.1) is 5.82 Å². The van der Waals surface area contributed by atoms with Gasteiger partial charge in [0.1, 0.15) is 24.3 Å². The van der Waals surface area contributed by atoms with Gasteiger partial charge in [0.15, 0.2) is 0 Å². The van der Waals surface area contributed by atoms with Crippen LogP contribution < -0.4 is 4.74 Å². The van der Waals surface area contributed by atoms with Gasteiger partial charge < -0.3 is 19.5 Å². The van der Waals surface area contributed by atoms with Gasteiger partial charge in [-0.1, -0.05) is 0 Å². The van der Waals surface area contributed by atoms with Gasteiger partial charge >= 0.3 is 5.97 Å². The molecule has 0 saturated carbocycles. The third-order valence-electron chi connectivity index (χ3n) is 2.95. The molecule has 2 rings (SSSR count). The zero-order valence-corrected chi connectivity index (χ0v) is 10.6. The highest BCUT2D eigenvalue weighted by atomic mass is 19.1. The van der Waals surface area contributed by atoms with Crippen molar-refractivity contribution in [1.29, 1.82) is 0 Å². The van der Waals surface area contributed by atoms with Crippen molar-refractivity contribution in [3.05, 3.63) is 29.6 Å². The number of hydrogen-bond donors (Lipinski definition) is 1. The zero-order valence-electron chi connectivity index (χ0n) is 10.6. The summed E-state index contributed by atoms with van der Waals surface area (Å²) in [7, 11) is 2.00. The summed E-state index contributed by atoms with van der Waals surface area (Å²) in [6.07, 6.45) is -0.0547. The van der Waals surface area contributed by atoms with Crippen LogP contribution in [0.3, 0.4) is 0 Å². The summed E-state index contributed by atoms with van der Waals surface area (Å²) in [5.41, 5.74) is -0.360. The van der Waals surface area contributed by atoms with Crippen molar-refractivity contribution < 1.29 is 23.8 Å². The number of carbonyl (C=O) groups is 1. The molecule has 6 heteroatoms. The first kappa shape index (κ1) is 13.8. The molecule has 1 aliphatic rings. The molecule has 1 aromatic carbocycles. The summed E-state index contributed by atoms with van der Waals surface area (Å²) in [5.74, 6) is -1.78. The minimum atomic E-state index is -1.29. The van der Waals surface area contributed by atoms with Crippen LogP contribution in [-0.2, 0) is 4.74 Å². The predicted octanol–water partition coefficient (Wildman–Crippen LogP) is 1.23. The molecule has 1 fully saturated rings. The second-order valence-corrected chi connectivity index (χ2v) is 4.51. The Kier molecular flexibility index (Phi) is 4.34. The van der Waals surface area contributed by atoms with Crippen molar-refractivity contribution >= 4 is 5.97 Å². The number of hydrogen-bond acceptors (Lipinski definition) is 4. The van der Waals surface area contributed by atoms with Crippen molar-refractivity contribution in [2.45, 2.75) is 6.10 Å². The van der Waals surface area contributed by atoms with Crippen LogP contribution in [0.4, 0.5) is 4.39 Å². The number of carboxylic acids is 1. The van der Waals surface area contributed by atoms with Gasteiger partial charge in [0.05, 0.1) is 12.2 Å². The lowest BCUT2D eigenvalue weighted by Gasteiger charge is -2.29. The summed E-state index contributed by atoms with van der Waals surface area (Å²) in [6, 6.07) is 3.72. The first-order valence-electron chi connectivity index (χ1n) is 6.02. The minimum absolute atomic E-state index is 0.0547. The normalized spacial score (nSPS) is 20.2. The van der Waals surface area contributed by atoms with Crippen LogP contribution in [0.1, 0.15) is 10.4 Å². The van der Waals surface area contributed by atoms with Crippen molar-refractivity contribution in [2.75, 3.05) is 33.4 Å². The molecule has 1 atom stereocenters. The number of aromatic carboxylic acids is 1. The maximum Gasteiger partial charge on any atom is 0.338 e. The van der Waals surface area contributed by atoms with E-state index in [-0.39, 0.29) is 11.7 Å². The van der Waals surface area contributed by atoms with Gasteiger partial charge in [-0.25, -0.2) is 9.18 Å². The van der Waals surface area contributed by atoms with Crippen LogP contribution in [0.2, 0.25) is 0 Å². The number of rotatable bonds is 4. The number of carboxylic acid groups (broad SMARTS) is 1. The van der Waals surface area contributed by atoms with E-state index in [0.717, 1.165) is 19.2 Å². The van der Waals surface area contributed by atoms with E-state index in [2.05, 4.69) is 4.90 Å². The molecule has 1 aromatic rings. The van der Waals surface area contributed by atoms with E-state index in [1.165, 1.54) is 12.1 Å². The summed E-state index contributed by atoms with van der Waals surface area (Å²) in [5, 5.41) is 8.71. The van der Waals surface area contributed by atoms with E-state index in [1.54, 1.807) is 0 Å². The largest absolute Gasteiger partial charge is 0.491 e. The SMILES string of the molecule is CN1CCOC(COc2ccc(C(=O)O)c(F)c2)C1. The molecule has 0 amide bonds. The van der Waals surface area contributed by atoms with E-state index in [4.69, 9.17) is 14.6 Å². The van der Waals surface area contributed by atoms with Gasteiger partial charge in [0.2, 0.25) is 0 Å². The van der Waals surface area contributed by atoms with Crippen molar-refractivity contribution in [3.8, 4) is 5.75 Å². The molecular weight excluding hydrogens is 253 g/mol. The van der Waals surface area contributed by atoms with Gasteiger partial charge in [0, 0.05) is 19.2 Å². The first-order valence-corrected chi connectivity index (χ1v) is 6.02. The highest BCUT2D eigenvalue weighted by Gasteiger charge is 2.18. The van der Waals surface area contributed by atoms with Crippen LogP contribution in [0.5, 0.6) is 5.75 Å². The Morgan fingerprint density at radius 3 is 3.05 bits per heavy atom. The van der Waals surface area contributed by atoms with Gasteiger partial charge in [0.25, 0.3) is 0 Å². The average Bonchev–Trinajstić information content (AvgIpc) is 2.36. The topological polar surface area (TPSA) is 59.0 Å². The maximum absolute atomic E-state index is 13.4. The fraction of sp³-hybridized carbons (Fsp3) is 0.462. The molecule has 0 aromatic heterocycles. The number of morpholine rings is 1. The standard InChI is InChI=1S/C13H16FNO4/c1-15-4-5-18-10(7-15)8-19-9-2-3-11(13(16)17)12(14)6-9/h2-3,6,10H,4-5,7-8H2,1H3,(H,16,17). The summed E-state index contributed by atoms with van der Waals surface area (Å²) in [6.45, 7) is 2.61. The summed E-state index contributed by atoms with van der Waals surface area (Å²) >= 11 is 0. The lowest BCUT2D eigenvalue weighted by Crippen LogP contribution is -2.42. The van der Waals surface area contributed by atoms with Gasteiger partial charge in [-0.15, -0.1) is 0 Å². The highest BCUT2D eigenvalue weighted by Crippen LogP contribution is 2.17. The molecule has 104 valence electrons. The molecule has 1 heterocycles. The molecule has 0 radical (unpaired) electrons. The van der Waals surface area contributed by atoms with Crippen molar-refractivity contribution in [3.63, 3.8) is 0 Å². The molecule has 1 unspecified atom stereocenters. The predicted molar refractivity (Wildman–Crippen MR) is 66.1 cm³/mol. The summed E-state index contributed by atoms with van der Waals surface area (Å²) < 4.78 is 24.4. The maximum atomic E-state index is 13.4. The molecule has 1 saturated heterocycles. The Balaban J connectivity index is 1.92. The molecule has 0 spiro atoms. The van der Waals surface area contributed by atoms with Crippen LogP contribution >= 0.6 is 0 Å². The Hall–Kier alpha value is -1.66. The Morgan fingerprint density at radius 2 is 2.42 bits per heavy atom. The number of halogens is 1. The van der Waals surface area contributed by atoms with Crippen molar-refractivity contribution in [2.24, 2.45) is 0 Å². The number of nitrogens with zero attached hydrogens (tertiary/aromatic N) is 1. The molecule has 1 aliphatic heterocycles. The Bertz CT molecular complexity index is 466. The monoisotopic (exact) mass is 269 g/mol. The number of benzene rings is 1. The van der Waals surface area contributed by atoms with E-state index < -0.39 is 11.8 Å². The number of ether oxygens (including phenoxy) is 2. The average molecular weight is 269 g/mol. The van der Waals surface area contributed by atoms with E-state index in [1.807, 2.05) is 7.05 Å². The van der Waals surface area contributed by atoms with Crippen LogP contribution in [0.15, 0.2) is 18.2 Å². The minimum Gasteiger partial charge on any atom is -0.491 e. The molecule has 1 N–H and O–H groups in total. The second-order valence-electron chi connectivity index (χ2n) is 4.51. The second kappa shape index (κ2) is 5.99.